The van der Waals surface area contributed by atoms with Gasteiger partial charge in [0.2, 0.25) is 0 Å². The first kappa shape index (κ1) is 42.1. The molecule has 1 aromatic rings. The molecule has 0 atom stereocenters. The van der Waals surface area contributed by atoms with Crippen molar-refractivity contribution in [1.29, 1.82) is 0 Å². The molecule has 0 unspecified atom stereocenters. The predicted octanol–water partition coefficient (Wildman–Crippen LogP) is 15.2. The van der Waals surface area contributed by atoms with Gasteiger partial charge in [-0.3, -0.25) is 0 Å². The molecule has 0 aliphatic rings. The molecule has 0 aliphatic carbocycles. The smallest absolute Gasteiger partial charge is 0.125 e. The molecule has 264 valence electrons. The Balaban J connectivity index is 1.89. The van der Waals surface area contributed by atoms with Gasteiger partial charge in [-0.1, -0.05) is 219 Å². The summed E-state index contributed by atoms with van der Waals surface area (Å²) in [7, 11) is 0. The van der Waals surface area contributed by atoms with E-state index in [9.17, 15) is 0 Å². The number of hydrogen-bond donors (Lipinski definition) is 0. The number of hydrogen-bond acceptors (Lipinski definition) is 2. The number of nitrogens with zero attached hydrogens (tertiary/aromatic N) is 2. The summed E-state index contributed by atoms with van der Waals surface area (Å²) in [6.45, 7) is 6.69. The Morgan fingerprint density at radius 2 is 0.511 bits per heavy atom. The minimum Gasteiger partial charge on any atom is -0.238 e. The molecule has 45 heavy (non-hydrogen) atoms. The topological polar surface area (TPSA) is 25.8 Å². The van der Waals surface area contributed by atoms with Gasteiger partial charge in [0.1, 0.15) is 5.82 Å². The Kier molecular flexibility index (Phi) is 32.2. The van der Waals surface area contributed by atoms with Gasteiger partial charge in [0.15, 0.2) is 0 Å². The third-order valence-corrected chi connectivity index (χ3v) is 10.0. The van der Waals surface area contributed by atoms with Crippen molar-refractivity contribution in [2.24, 2.45) is 0 Å². The molecular weight excluding hydrogens is 544 g/mol. The first-order chi connectivity index (χ1) is 22.3. The summed E-state index contributed by atoms with van der Waals surface area (Å²) in [6.07, 6.45) is 50.9. The summed E-state index contributed by atoms with van der Waals surface area (Å²) in [5.74, 6) is 0.974. The van der Waals surface area contributed by atoms with Crippen LogP contribution >= 0.6 is 0 Å². The van der Waals surface area contributed by atoms with Crippen molar-refractivity contribution in [3.8, 4) is 0 Å². The highest BCUT2D eigenvalue weighted by Crippen LogP contribution is 2.17. The third kappa shape index (κ3) is 30.2. The lowest BCUT2D eigenvalue weighted by molar-refractivity contribution is 0.526. The number of aryl methyl sites for hydroxylation is 3. The van der Waals surface area contributed by atoms with Crippen molar-refractivity contribution < 1.29 is 0 Å². The Labute approximate surface area is 284 Å². The Morgan fingerprint density at radius 1 is 0.311 bits per heavy atom. The van der Waals surface area contributed by atoms with Crippen LogP contribution in [0.5, 0.6) is 0 Å². The number of rotatable bonds is 36. The largest absolute Gasteiger partial charge is 0.238 e. The van der Waals surface area contributed by atoms with Gasteiger partial charge in [-0.15, -0.1) is 0 Å². The molecule has 0 bridgehead atoms. The fraction of sp³-hybridized carbons (Fsp3) is 0.907. The zero-order chi connectivity index (χ0) is 32.3. The standard InChI is InChI=1S/C43H82N2/c1-4-6-8-10-12-14-16-18-20-22-24-26-28-30-32-34-36-38-42-40-43(45-41(3)44-42)39-37-35-33-31-29-27-25-23-21-19-17-15-13-11-9-7-5-2/h40H,4-39H2,1-3H3. The van der Waals surface area contributed by atoms with E-state index in [0.29, 0.717) is 0 Å². The summed E-state index contributed by atoms with van der Waals surface area (Å²) in [5.41, 5.74) is 2.57. The SMILES string of the molecule is CCCCCCCCCCCCCCCCCCCc1cc(CCCCCCCCCCCCCCCCCCC)nc(C)n1. The molecule has 0 aliphatic heterocycles. The average Bonchev–Trinajstić information content (AvgIpc) is 3.03. The minimum absolute atomic E-state index is 0.974. The second-order valence-electron chi connectivity index (χ2n) is 14.7. The van der Waals surface area contributed by atoms with Gasteiger partial charge < -0.3 is 0 Å². The van der Waals surface area contributed by atoms with E-state index < -0.39 is 0 Å². The summed E-state index contributed by atoms with van der Waals surface area (Å²) < 4.78 is 0. The van der Waals surface area contributed by atoms with Crippen LogP contribution in [-0.4, -0.2) is 9.97 Å². The molecule has 0 aromatic carbocycles. The highest BCUT2D eigenvalue weighted by atomic mass is 14.9. The summed E-state index contributed by atoms with van der Waals surface area (Å²) in [4.78, 5) is 9.52. The molecule has 0 radical (unpaired) electrons. The molecule has 0 amide bonds. The van der Waals surface area contributed by atoms with Gasteiger partial charge in [0.05, 0.1) is 0 Å². The molecule has 1 heterocycles. The monoisotopic (exact) mass is 627 g/mol. The lowest BCUT2D eigenvalue weighted by Gasteiger charge is -2.07. The van der Waals surface area contributed by atoms with Crippen LogP contribution in [0.25, 0.3) is 0 Å². The molecule has 2 heteroatoms. The quantitative estimate of drug-likeness (QED) is 0.0692. The van der Waals surface area contributed by atoms with Crippen molar-refractivity contribution in [3.05, 3.63) is 23.3 Å². The minimum atomic E-state index is 0.974. The maximum absolute atomic E-state index is 4.76. The molecule has 0 saturated heterocycles. The Hall–Kier alpha value is -0.920. The van der Waals surface area contributed by atoms with Gasteiger partial charge in [-0.05, 0) is 38.7 Å². The lowest BCUT2D eigenvalue weighted by Crippen LogP contribution is -2.01. The van der Waals surface area contributed by atoms with Crippen molar-refractivity contribution in [2.75, 3.05) is 0 Å². The summed E-state index contributed by atoms with van der Waals surface area (Å²) in [5, 5.41) is 0. The van der Waals surface area contributed by atoms with E-state index in [4.69, 9.17) is 9.97 Å². The first-order valence-corrected chi connectivity index (χ1v) is 21.1. The molecule has 2 nitrogen and oxygen atoms in total. The van der Waals surface area contributed by atoms with Crippen molar-refractivity contribution in [3.63, 3.8) is 0 Å². The molecule has 0 saturated carbocycles. The predicted molar refractivity (Wildman–Crippen MR) is 203 cm³/mol. The summed E-state index contributed by atoms with van der Waals surface area (Å²) >= 11 is 0. The molecule has 0 N–H and O–H groups in total. The van der Waals surface area contributed by atoms with Crippen LogP contribution in [0.1, 0.15) is 249 Å². The van der Waals surface area contributed by atoms with Crippen LogP contribution in [0, 0.1) is 6.92 Å². The highest BCUT2D eigenvalue weighted by Gasteiger charge is 2.04. The van der Waals surface area contributed by atoms with Crippen molar-refractivity contribution in [2.45, 2.75) is 252 Å². The van der Waals surface area contributed by atoms with E-state index in [1.807, 2.05) is 0 Å². The Morgan fingerprint density at radius 3 is 0.733 bits per heavy atom. The zero-order valence-corrected chi connectivity index (χ0v) is 31.4. The van der Waals surface area contributed by atoms with Gasteiger partial charge in [0, 0.05) is 11.4 Å². The average molecular weight is 627 g/mol. The van der Waals surface area contributed by atoms with E-state index in [1.54, 1.807) is 0 Å². The van der Waals surface area contributed by atoms with Crippen molar-refractivity contribution >= 4 is 0 Å². The van der Waals surface area contributed by atoms with Crippen LogP contribution in [0.2, 0.25) is 0 Å². The van der Waals surface area contributed by atoms with E-state index in [2.05, 4.69) is 26.8 Å². The molecular formula is C43H82N2. The van der Waals surface area contributed by atoms with E-state index in [0.717, 1.165) is 18.7 Å². The van der Waals surface area contributed by atoms with Gasteiger partial charge in [-0.2, -0.15) is 0 Å². The maximum atomic E-state index is 4.76. The zero-order valence-electron chi connectivity index (χ0n) is 31.4. The third-order valence-electron chi connectivity index (χ3n) is 10.0. The van der Waals surface area contributed by atoms with Crippen LogP contribution in [0.4, 0.5) is 0 Å². The van der Waals surface area contributed by atoms with Crippen LogP contribution in [-0.2, 0) is 12.8 Å². The highest BCUT2D eigenvalue weighted by molar-refractivity contribution is 5.11. The fourth-order valence-electron chi connectivity index (χ4n) is 7.02. The fourth-order valence-corrected chi connectivity index (χ4v) is 7.02. The van der Waals surface area contributed by atoms with Gasteiger partial charge in [-0.25, -0.2) is 9.97 Å². The number of unbranched alkanes of at least 4 members (excludes halogenated alkanes) is 32. The lowest BCUT2D eigenvalue weighted by atomic mass is 10.0. The molecule has 1 rings (SSSR count). The first-order valence-electron chi connectivity index (χ1n) is 21.1. The van der Waals surface area contributed by atoms with Crippen molar-refractivity contribution in [1.82, 2.24) is 9.97 Å². The number of aromatic nitrogens is 2. The van der Waals surface area contributed by atoms with E-state index >= 15 is 0 Å². The van der Waals surface area contributed by atoms with Crippen LogP contribution < -0.4 is 0 Å². The summed E-state index contributed by atoms with van der Waals surface area (Å²) in [6, 6.07) is 2.31. The van der Waals surface area contributed by atoms with Crippen LogP contribution in [0.15, 0.2) is 6.07 Å². The van der Waals surface area contributed by atoms with E-state index in [1.165, 1.54) is 230 Å². The maximum Gasteiger partial charge on any atom is 0.125 e. The van der Waals surface area contributed by atoms with E-state index in [-0.39, 0.29) is 0 Å². The normalized spacial score (nSPS) is 11.5. The van der Waals surface area contributed by atoms with Crippen LogP contribution in [0.3, 0.4) is 0 Å². The van der Waals surface area contributed by atoms with Gasteiger partial charge in [0.25, 0.3) is 0 Å². The Bertz CT molecular complexity index is 658. The second-order valence-corrected chi connectivity index (χ2v) is 14.7. The molecule has 0 fully saturated rings. The second kappa shape index (κ2) is 34.4. The van der Waals surface area contributed by atoms with Gasteiger partial charge >= 0.3 is 0 Å². The molecule has 0 spiro atoms. The molecule has 1 aromatic heterocycles.